The van der Waals surface area contributed by atoms with Crippen LogP contribution in [0.15, 0.2) is 71.6 Å². The van der Waals surface area contributed by atoms with Gasteiger partial charge in [0.1, 0.15) is 5.01 Å². The number of nitrogens with zero attached hydrogens (tertiary/aromatic N) is 3. The van der Waals surface area contributed by atoms with Gasteiger partial charge in [0.15, 0.2) is 4.96 Å². The molecule has 5 heteroatoms. The van der Waals surface area contributed by atoms with Gasteiger partial charge in [-0.05, 0) is 19.1 Å². The number of fused-ring (bicyclic) bond motifs is 1. The van der Waals surface area contributed by atoms with Gasteiger partial charge >= 0.3 is 0 Å². The number of imidazole rings is 1. The molecule has 2 aromatic carbocycles. The maximum absolute atomic E-state index is 4.83. The standard InChI is InChI=1S/C23H17N3S2/c1-16-7-9-17(10-8-16)19-15-28-21(24-19)12-11-20-22(18-5-3-2-4-6-18)25-23-26(20)13-14-27-23/h2-15H,1H3/b12-11+. The molecular formula is C23H17N3S2. The summed E-state index contributed by atoms with van der Waals surface area (Å²) in [6, 6.07) is 18.8. The SMILES string of the molecule is Cc1ccc(-c2csc(/C=C/c3c(-c4ccccc4)nc4sccn34)n2)cc1. The van der Waals surface area contributed by atoms with Crippen LogP contribution < -0.4 is 0 Å². The quantitative estimate of drug-likeness (QED) is 0.338. The smallest absolute Gasteiger partial charge is 0.194 e. The number of aromatic nitrogens is 3. The van der Waals surface area contributed by atoms with E-state index in [2.05, 4.69) is 76.8 Å². The van der Waals surface area contributed by atoms with Crippen molar-refractivity contribution >= 4 is 39.8 Å². The molecule has 0 radical (unpaired) electrons. The lowest BCUT2D eigenvalue weighted by Gasteiger charge is -1.99. The predicted octanol–water partition coefficient (Wildman–Crippen LogP) is 6.67. The molecule has 3 nitrogen and oxygen atoms in total. The van der Waals surface area contributed by atoms with E-state index in [9.17, 15) is 0 Å². The summed E-state index contributed by atoms with van der Waals surface area (Å²) in [6.07, 6.45) is 6.27. The Hall–Kier alpha value is -3.02. The van der Waals surface area contributed by atoms with Gasteiger partial charge in [-0.2, -0.15) is 0 Å². The van der Waals surface area contributed by atoms with Crippen molar-refractivity contribution < 1.29 is 0 Å². The minimum atomic E-state index is 0.986. The Kier molecular flexibility index (Phi) is 4.39. The molecule has 0 aliphatic carbocycles. The molecule has 0 atom stereocenters. The van der Waals surface area contributed by atoms with Crippen molar-refractivity contribution in [1.29, 1.82) is 0 Å². The van der Waals surface area contributed by atoms with E-state index in [1.165, 1.54) is 5.56 Å². The number of rotatable bonds is 4. The van der Waals surface area contributed by atoms with Crippen molar-refractivity contribution in [2.75, 3.05) is 0 Å². The second-order valence-electron chi connectivity index (χ2n) is 6.54. The summed E-state index contributed by atoms with van der Waals surface area (Å²) in [7, 11) is 0. The Morgan fingerprint density at radius 2 is 1.68 bits per heavy atom. The third-order valence-corrected chi connectivity index (χ3v) is 6.17. The molecule has 3 aromatic heterocycles. The average molecular weight is 400 g/mol. The zero-order valence-corrected chi connectivity index (χ0v) is 16.9. The maximum atomic E-state index is 4.83. The second-order valence-corrected chi connectivity index (χ2v) is 8.30. The second kappa shape index (κ2) is 7.19. The fourth-order valence-electron chi connectivity index (χ4n) is 3.14. The lowest BCUT2D eigenvalue weighted by atomic mass is 10.1. The van der Waals surface area contributed by atoms with Gasteiger partial charge in [0.05, 0.1) is 17.1 Å². The van der Waals surface area contributed by atoms with Crippen molar-refractivity contribution in [2.45, 2.75) is 6.92 Å². The molecule has 0 aliphatic heterocycles. The topological polar surface area (TPSA) is 30.2 Å². The highest BCUT2D eigenvalue weighted by atomic mass is 32.1. The van der Waals surface area contributed by atoms with Crippen molar-refractivity contribution in [3.05, 3.63) is 87.8 Å². The van der Waals surface area contributed by atoms with Crippen molar-refractivity contribution in [3.63, 3.8) is 0 Å². The molecule has 0 unspecified atom stereocenters. The van der Waals surface area contributed by atoms with E-state index in [0.717, 1.165) is 38.2 Å². The number of benzene rings is 2. The molecule has 28 heavy (non-hydrogen) atoms. The Morgan fingerprint density at radius 1 is 0.857 bits per heavy atom. The van der Waals surface area contributed by atoms with Crippen LogP contribution in [-0.4, -0.2) is 14.4 Å². The van der Waals surface area contributed by atoms with E-state index < -0.39 is 0 Å². The molecule has 0 amide bonds. The van der Waals surface area contributed by atoms with Crippen molar-refractivity contribution in [2.24, 2.45) is 0 Å². The molecule has 136 valence electrons. The summed E-state index contributed by atoms with van der Waals surface area (Å²) in [5.41, 5.74) is 6.62. The van der Waals surface area contributed by atoms with Crippen LogP contribution in [0.2, 0.25) is 0 Å². The van der Waals surface area contributed by atoms with Crippen LogP contribution in [0.4, 0.5) is 0 Å². The van der Waals surface area contributed by atoms with Crippen LogP contribution in [0.5, 0.6) is 0 Å². The van der Waals surface area contributed by atoms with Gasteiger partial charge in [0.25, 0.3) is 0 Å². The molecule has 5 rings (SSSR count). The first-order valence-corrected chi connectivity index (χ1v) is 10.8. The Balaban J connectivity index is 1.51. The summed E-state index contributed by atoms with van der Waals surface area (Å²) >= 11 is 3.30. The van der Waals surface area contributed by atoms with E-state index in [1.807, 2.05) is 18.2 Å². The molecule has 0 bridgehead atoms. The highest BCUT2D eigenvalue weighted by Gasteiger charge is 2.12. The average Bonchev–Trinajstić information content (AvgIpc) is 3.44. The first kappa shape index (κ1) is 17.1. The molecule has 0 spiro atoms. The third-order valence-electron chi connectivity index (χ3n) is 4.60. The molecule has 0 saturated carbocycles. The fraction of sp³-hybridized carbons (Fsp3) is 0.0435. The summed E-state index contributed by atoms with van der Waals surface area (Å²) in [6.45, 7) is 2.10. The van der Waals surface area contributed by atoms with Crippen LogP contribution in [-0.2, 0) is 0 Å². The normalized spacial score (nSPS) is 11.6. The largest absolute Gasteiger partial charge is 0.290 e. The number of thiazole rings is 2. The summed E-state index contributed by atoms with van der Waals surface area (Å²) in [5.74, 6) is 0. The van der Waals surface area contributed by atoms with Gasteiger partial charge in [0.2, 0.25) is 0 Å². The Labute approximate surface area is 171 Å². The monoisotopic (exact) mass is 399 g/mol. The summed E-state index contributed by atoms with van der Waals surface area (Å²) in [4.78, 5) is 10.6. The minimum Gasteiger partial charge on any atom is -0.290 e. The number of hydrogen-bond donors (Lipinski definition) is 0. The third kappa shape index (κ3) is 3.19. The lowest BCUT2D eigenvalue weighted by molar-refractivity contribution is 1.21. The van der Waals surface area contributed by atoms with Crippen LogP contribution >= 0.6 is 22.7 Å². The lowest BCUT2D eigenvalue weighted by Crippen LogP contribution is -1.85. The first-order chi connectivity index (χ1) is 13.8. The first-order valence-electron chi connectivity index (χ1n) is 8.99. The molecule has 0 N–H and O–H groups in total. The van der Waals surface area contributed by atoms with E-state index in [0.29, 0.717) is 0 Å². The molecular weight excluding hydrogens is 382 g/mol. The van der Waals surface area contributed by atoms with Crippen LogP contribution in [0.3, 0.4) is 0 Å². The van der Waals surface area contributed by atoms with Crippen molar-refractivity contribution in [1.82, 2.24) is 14.4 Å². The Bertz CT molecular complexity index is 1260. The Morgan fingerprint density at radius 3 is 2.50 bits per heavy atom. The van der Waals surface area contributed by atoms with Crippen LogP contribution in [0, 0.1) is 6.92 Å². The van der Waals surface area contributed by atoms with Gasteiger partial charge in [-0.1, -0.05) is 60.2 Å². The minimum absolute atomic E-state index is 0.986. The van der Waals surface area contributed by atoms with Gasteiger partial charge < -0.3 is 0 Å². The van der Waals surface area contributed by atoms with Crippen LogP contribution in [0.25, 0.3) is 39.6 Å². The number of aryl methyl sites for hydroxylation is 1. The van der Waals surface area contributed by atoms with E-state index in [1.54, 1.807) is 22.7 Å². The van der Waals surface area contributed by atoms with Crippen LogP contribution in [0.1, 0.15) is 16.3 Å². The maximum Gasteiger partial charge on any atom is 0.194 e. The molecule has 0 saturated heterocycles. The zero-order valence-electron chi connectivity index (χ0n) is 15.2. The fourth-order valence-corrected chi connectivity index (χ4v) is 4.58. The molecule has 5 aromatic rings. The highest BCUT2D eigenvalue weighted by molar-refractivity contribution is 7.15. The van der Waals surface area contributed by atoms with Gasteiger partial charge in [-0.3, -0.25) is 4.40 Å². The van der Waals surface area contributed by atoms with Gasteiger partial charge in [0, 0.05) is 28.1 Å². The highest BCUT2D eigenvalue weighted by Crippen LogP contribution is 2.29. The summed E-state index contributed by atoms with van der Waals surface area (Å²) < 4.78 is 2.14. The predicted molar refractivity (Wildman–Crippen MR) is 120 cm³/mol. The zero-order chi connectivity index (χ0) is 18.9. The molecule has 3 heterocycles. The van der Waals surface area contributed by atoms with E-state index in [-0.39, 0.29) is 0 Å². The molecule has 0 aliphatic rings. The van der Waals surface area contributed by atoms with E-state index >= 15 is 0 Å². The van der Waals surface area contributed by atoms with Crippen molar-refractivity contribution in [3.8, 4) is 22.5 Å². The van der Waals surface area contributed by atoms with Gasteiger partial charge in [-0.15, -0.1) is 22.7 Å². The van der Waals surface area contributed by atoms with E-state index in [4.69, 9.17) is 9.97 Å². The summed E-state index contributed by atoms with van der Waals surface area (Å²) in [5, 5.41) is 5.16. The molecule has 0 fully saturated rings. The van der Waals surface area contributed by atoms with Gasteiger partial charge in [-0.25, -0.2) is 9.97 Å². The number of hydrogen-bond acceptors (Lipinski definition) is 4.